The van der Waals surface area contributed by atoms with E-state index >= 15 is 0 Å². The summed E-state index contributed by atoms with van der Waals surface area (Å²) in [4.78, 5) is 16.8. The van der Waals surface area contributed by atoms with Gasteiger partial charge in [0.1, 0.15) is 5.82 Å². The second-order valence-corrected chi connectivity index (χ2v) is 5.95. The molecule has 0 bridgehead atoms. The van der Waals surface area contributed by atoms with Gasteiger partial charge in [-0.15, -0.1) is 0 Å². The predicted octanol–water partition coefficient (Wildman–Crippen LogP) is 1.39. The van der Waals surface area contributed by atoms with E-state index in [9.17, 15) is 4.79 Å². The normalized spacial score (nSPS) is 19.7. The number of carbonyl (C=O) groups excluding carboxylic acids is 1. The maximum absolute atomic E-state index is 12.3. The molecule has 4 nitrogen and oxygen atoms in total. The summed E-state index contributed by atoms with van der Waals surface area (Å²) in [6.45, 7) is 0.920. The van der Waals surface area contributed by atoms with Gasteiger partial charge in [0.25, 0.3) is 0 Å². The molecule has 100 valence electrons. The van der Waals surface area contributed by atoms with Crippen molar-refractivity contribution in [1.82, 2.24) is 14.9 Å². The van der Waals surface area contributed by atoms with E-state index in [-0.39, 0.29) is 11.8 Å². The van der Waals surface area contributed by atoms with Crippen LogP contribution in [0, 0.1) is 0 Å². The summed E-state index contributed by atoms with van der Waals surface area (Å²) in [6, 6.07) is 7.97. The third kappa shape index (κ3) is 2.53. The molecule has 0 radical (unpaired) electrons. The summed E-state index contributed by atoms with van der Waals surface area (Å²) in [5.41, 5.74) is 2.04. The number of aryl methyl sites for hydroxylation is 1. The second-order valence-electron chi connectivity index (χ2n) is 4.80. The Bertz CT molecular complexity index is 602. The van der Waals surface area contributed by atoms with E-state index in [0.717, 1.165) is 34.9 Å². The molecule has 3 rings (SSSR count). The number of rotatable bonds is 3. The van der Waals surface area contributed by atoms with Crippen LogP contribution in [0.5, 0.6) is 0 Å². The van der Waals surface area contributed by atoms with Gasteiger partial charge in [-0.3, -0.25) is 4.79 Å². The number of nitrogens with zero attached hydrogens (tertiary/aromatic N) is 2. The minimum Gasteiger partial charge on any atom is -0.331 e. The zero-order valence-corrected chi connectivity index (χ0v) is 11.7. The number of ketones is 1. The summed E-state index contributed by atoms with van der Waals surface area (Å²) >= 11 is 1.84. The van der Waals surface area contributed by atoms with Crippen LogP contribution in [0.4, 0.5) is 0 Å². The molecule has 1 unspecified atom stereocenters. The van der Waals surface area contributed by atoms with Crippen LogP contribution in [0.15, 0.2) is 24.3 Å². The second kappa shape index (κ2) is 5.35. The molecule has 0 amide bonds. The van der Waals surface area contributed by atoms with Gasteiger partial charge < -0.3 is 9.88 Å². The molecule has 1 saturated heterocycles. The maximum Gasteiger partial charge on any atom is 0.158 e. The van der Waals surface area contributed by atoms with Crippen LogP contribution in [-0.4, -0.2) is 39.4 Å². The number of Topliss-reactive ketones (excluding diaryl/α,β-unsaturated/α-hetero) is 1. The molecule has 2 aromatic rings. The first-order valence-electron chi connectivity index (χ1n) is 6.50. The Balaban J connectivity index is 1.81. The number of thioether (sulfide) groups is 1. The smallest absolute Gasteiger partial charge is 0.158 e. The summed E-state index contributed by atoms with van der Waals surface area (Å²) in [5, 5.41) is 3.28. The molecule has 1 atom stereocenters. The highest BCUT2D eigenvalue weighted by Gasteiger charge is 2.22. The molecular formula is C14H17N3OS. The number of aromatic nitrogens is 2. The minimum absolute atomic E-state index is 0.0152. The zero-order chi connectivity index (χ0) is 13.2. The van der Waals surface area contributed by atoms with Crippen LogP contribution in [0.1, 0.15) is 5.82 Å². The van der Waals surface area contributed by atoms with Gasteiger partial charge in [0.2, 0.25) is 0 Å². The molecule has 0 saturated carbocycles. The molecule has 1 aromatic carbocycles. The summed E-state index contributed by atoms with van der Waals surface area (Å²) < 4.78 is 2.02. The number of hydrogen-bond donors (Lipinski definition) is 1. The molecule has 1 aliphatic heterocycles. The van der Waals surface area contributed by atoms with E-state index in [2.05, 4.69) is 10.3 Å². The van der Waals surface area contributed by atoms with Gasteiger partial charge in [0, 0.05) is 25.1 Å². The number of hydrogen-bond acceptors (Lipinski definition) is 4. The fourth-order valence-electron chi connectivity index (χ4n) is 2.40. The number of nitrogens with one attached hydrogen (secondary N) is 1. The fraction of sp³-hybridized carbons (Fsp3) is 0.429. The Labute approximate surface area is 116 Å². The number of carbonyl (C=O) groups is 1. The first-order valence-corrected chi connectivity index (χ1v) is 7.65. The van der Waals surface area contributed by atoms with Crippen molar-refractivity contribution in [2.24, 2.45) is 7.05 Å². The Morgan fingerprint density at radius 1 is 1.53 bits per heavy atom. The largest absolute Gasteiger partial charge is 0.331 e. The molecule has 2 heterocycles. The minimum atomic E-state index is -0.0152. The molecule has 1 N–H and O–H groups in total. The average Bonchev–Trinajstić information content (AvgIpc) is 2.77. The molecule has 1 aliphatic rings. The van der Waals surface area contributed by atoms with Crippen molar-refractivity contribution in [3.05, 3.63) is 30.1 Å². The van der Waals surface area contributed by atoms with Crippen LogP contribution in [0.3, 0.4) is 0 Å². The Kier molecular flexibility index (Phi) is 3.57. The zero-order valence-electron chi connectivity index (χ0n) is 10.9. The topological polar surface area (TPSA) is 46.9 Å². The lowest BCUT2D eigenvalue weighted by molar-refractivity contribution is -0.120. The predicted molar refractivity (Wildman–Crippen MR) is 78.5 cm³/mol. The molecule has 19 heavy (non-hydrogen) atoms. The molecule has 0 spiro atoms. The average molecular weight is 275 g/mol. The molecule has 1 fully saturated rings. The Morgan fingerprint density at radius 3 is 3.11 bits per heavy atom. The van der Waals surface area contributed by atoms with Crippen LogP contribution in [0.25, 0.3) is 11.0 Å². The lowest BCUT2D eigenvalue weighted by atomic mass is 10.1. The highest BCUT2D eigenvalue weighted by Crippen LogP contribution is 2.16. The number of fused-ring (bicyclic) bond motifs is 1. The van der Waals surface area contributed by atoms with Gasteiger partial charge in [-0.1, -0.05) is 12.1 Å². The van der Waals surface area contributed by atoms with Crippen LogP contribution < -0.4 is 5.32 Å². The summed E-state index contributed by atoms with van der Waals surface area (Å²) in [6.07, 6.45) is 0.406. The monoisotopic (exact) mass is 275 g/mol. The van der Waals surface area contributed by atoms with Crippen molar-refractivity contribution in [3.8, 4) is 0 Å². The summed E-state index contributed by atoms with van der Waals surface area (Å²) in [7, 11) is 1.97. The van der Waals surface area contributed by atoms with E-state index in [1.165, 1.54) is 0 Å². The highest BCUT2D eigenvalue weighted by atomic mass is 32.2. The van der Waals surface area contributed by atoms with Gasteiger partial charge in [0.15, 0.2) is 5.78 Å². The van der Waals surface area contributed by atoms with E-state index < -0.39 is 0 Å². The van der Waals surface area contributed by atoms with Gasteiger partial charge in [0.05, 0.1) is 23.5 Å². The van der Waals surface area contributed by atoms with Gasteiger partial charge in [-0.05, 0) is 12.1 Å². The van der Waals surface area contributed by atoms with E-state index in [1.807, 2.05) is 47.6 Å². The highest BCUT2D eigenvalue weighted by molar-refractivity contribution is 7.99. The molecule has 5 heteroatoms. The van der Waals surface area contributed by atoms with E-state index in [1.54, 1.807) is 0 Å². The maximum atomic E-state index is 12.3. The van der Waals surface area contributed by atoms with Crippen LogP contribution in [0.2, 0.25) is 0 Å². The third-order valence-electron chi connectivity index (χ3n) is 3.52. The molecule has 0 aliphatic carbocycles. The van der Waals surface area contributed by atoms with E-state index in [0.29, 0.717) is 6.42 Å². The van der Waals surface area contributed by atoms with Crippen LogP contribution >= 0.6 is 11.8 Å². The SMILES string of the molecule is Cn1c(CC(=O)C2CSCCN2)nc2ccccc21. The molecule has 1 aromatic heterocycles. The van der Waals surface area contributed by atoms with Gasteiger partial charge in [-0.25, -0.2) is 4.98 Å². The number of imidazole rings is 1. The van der Waals surface area contributed by atoms with Crippen molar-refractivity contribution in [3.63, 3.8) is 0 Å². The van der Waals surface area contributed by atoms with E-state index in [4.69, 9.17) is 0 Å². The number of para-hydroxylation sites is 2. The quantitative estimate of drug-likeness (QED) is 0.919. The standard InChI is InChI=1S/C14H17N3OS/c1-17-12-5-3-2-4-10(12)16-14(17)8-13(18)11-9-19-7-6-15-11/h2-5,11,15H,6-9H2,1H3. The summed E-state index contributed by atoms with van der Waals surface area (Å²) in [5.74, 6) is 3.06. The lowest BCUT2D eigenvalue weighted by Crippen LogP contribution is -2.44. The molecular weight excluding hydrogens is 258 g/mol. The van der Waals surface area contributed by atoms with Crippen molar-refractivity contribution < 1.29 is 4.79 Å². The lowest BCUT2D eigenvalue weighted by Gasteiger charge is -2.21. The Hall–Kier alpha value is -1.33. The van der Waals surface area contributed by atoms with Crippen molar-refractivity contribution in [2.75, 3.05) is 18.1 Å². The Morgan fingerprint density at radius 2 is 2.37 bits per heavy atom. The first kappa shape index (κ1) is 12.7. The van der Waals surface area contributed by atoms with Crippen molar-refractivity contribution in [1.29, 1.82) is 0 Å². The third-order valence-corrected chi connectivity index (χ3v) is 4.58. The van der Waals surface area contributed by atoms with Crippen molar-refractivity contribution >= 4 is 28.6 Å². The van der Waals surface area contributed by atoms with Crippen molar-refractivity contribution in [2.45, 2.75) is 12.5 Å². The first-order chi connectivity index (χ1) is 9.25. The number of benzene rings is 1. The fourth-order valence-corrected chi connectivity index (χ4v) is 3.37. The van der Waals surface area contributed by atoms with Crippen LogP contribution in [-0.2, 0) is 18.3 Å². The van der Waals surface area contributed by atoms with Gasteiger partial charge >= 0.3 is 0 Å². The van der Waals surface area contributed by atoms with Gasteiger partial charge in [-0.2, -0.15) is 11.8 Å².